The number of likely N-dealkylation sites (tertiary alicyclic amines) is 1. The van der Waals surface area contributed by atoms with Crippen LogP contribution in [0.25, 0.3) is 0 Å². The zero-order valence-electron chi connectivity index (χ0n) is 5.63. The van der Waals surface area contributed by atoms with Gasteiger partial charge in [-0.3, -0.25) is 4.90 Å². The Morgan fingerprint density at radius 3 is 2.70 bits per heavy atom. The van der Waals surface area contributed by atoms with Gasteiger partial charge in [-0.25, -0.2) is 8.78 Å². The molecule has 0 spiro atoms. The summed E-state index contributed by atoms with van der Waals surface area (Å²) in [5.41, 5.74) is 0. The van der Waals surface area contributed by atoms with E-state index >= 15 is 0 Å². The number of aliphatic hydroxyl groups is 1. The predicted molar refractivity (Wildman–Crippen MR) is 33.1 cm³/mol. The number of alkyl halides is 2. The van der Waals surface area contributed by atoms with Crippen LogP contribution in [0.3, 0.4) is 0 Å². The van der Waals surface area contributed by atoms with Crippen LogP contribution in [0.2, 0.25) is 0 Å². The number of hydrogen-bond donors (Lipinski definition) is 1. The van der Waals surface area contributed by atoms with E-state index in [-0.39, 0.29) is 6.54 Å². The molecule has 0 unspecified atom stereocenters. The average Bonchev–Trinajstić information content (AvgIpc) is 2.13. The van der Waals surface area contributed by atoms with Gasteiger partial charge in [0.15, 0.2) is 0 Å². The summed E-state index contributed by atoms with van der Waals surface area (Å²) in [6, 6.07) is 0. The van der Waals surface area contributed by atoms with Crippen molar-refractivity contribution in [2.24, 2.45) is 0 Å². The minimum Gasteiger partial charge on any atom is -0.392 e. The highest BCUT2D eigenvalue weighted by Gasteiger charge is 2.22. The maximum Gasteiger partial charge on any atom is 0.251 e. The lowest BCUT2D eigenvalue weighted by atomic mass is 10.3. The monoisotopic (exact) mass is 151 g/mol. The van der Waals surface area contributed by atoms with E-state index in [0.717, 1.165) is 0 Å². The molecule has 1 atom stereocenters. The van der Waals surface area contributed by atoms with Gasteiger partial charge >= 0.3 is 0 Å². The topological polar surface area (TPSA) is 23.5 Å². The van der Waals surface area contributed by atoms with Crippen molar-refractivity contribution >= 4 is 0 Å². The van der Waals surface area contributed by atoms with Gasteiger partial charge in [-0.1, -0.05) is 0 Å². The van der Waals surface area contributed by atoms with Crippen molar-refractivity contribution in [3.63, 3.8) is 0 Å². The number of hydrogen-bond acceptors (Lipinski definition) is 2. The van der Waals surface area contributed by atoms with Gasteiger partial charge in [0.25, 0.3) is 6.43 Å². The van der Waals surface area contributed by atoms with Crippen LogP contribution in [-0.4, -0.2) is 42.2 Å². The lowest BCUT2D eigenvalue weighted by Gasteiger charge is -2.12. The summed E-state index contributed by atoms with van der Waals surface area (Å²) in [5, 5.41) is 8.93. The molecule has 0 aliphatic carbocycles. The van der Waals surface area contributed by atoms with Crippen LogP contribution in [-0.2, 0) is 0 Å². The van der Waals surface area contributed by atoms with Crippen molar-refractivity contribution in [3.8, 4) is 0 Å². The van der Waals surface area contributed by atoms with Crippen molar-refractivity contribution in [1.82, 2.24) is 4.90 Å². The van der Waals surface area contributed by atoms with E-state index in [0.29, 0.717) is 19.5 Å². The highest BCUT2D eigenvalue weighted by Crippen LogP contribution is 2.09. The van der Waals surface area contributed by atoms with Crippen molar-refractivity contribution in [2.45, 2.75) is 19.0 Å². The van der Waals surface area contributed by atoms with Crippen LogP contribution in [0.4, 0.5) is 8.78 Å². The van der Waals surface area contributed by atoms with Crippen molar-refractivity contribution < 1.29 is 13.9 Å². The number of rotatable bonds is 2. The van der Waals surface area contributed by atoms with Gasteiger partial charge < -0.3 is 5.11 Å². The largest absolute Gasteiger partial charge is 0.392 e. The molecule has 0 bridgehead atoms. The summed E-state index contributed by atoms with van der Waals surface area (Å²) >= 11 is 0. The third kappa shape index (κ3) is 2.19. The van der Waals surface area contributed by atoms with E-state index in [4.69, 9.17) is 5.11 Å². The predicted octanol–water partition coefficient (Wildman–Crippen LogP) is 0.318. The maximum absolute atomic E-state index is 11.7. The Kier molecular flexibility index (Phi) is 2.56. The number of nitrogens with zero attached hydrogens (tertiary/aromatic N) is 1. The lowest BCUT2D eigenvalue weighted by Crippen LogP contribution is -2.27. The molecule has 1 heterocycles. The molecular weight excluding hydrogens is 140 g/mol. The molecule has 0 saturated carbocycles. The molecule has 1 rings (SSSR count). The molecule has 0 amide bonds. The second-order valence-corrected chi connectivity index (χ2v) is 2.59. The first-order valence-electron chi connectivity index (χ1n) is 3.37. The molecule has 1 fully saturated rings. The summed E-state index contributed by atoms with van der Waals surface area (Å²) in [6.07, 6.45) is -2.03. The number of β-amino-alcohol motifs (C(OH)–C–C–N with tert-alkyl or cyclic N) is 1. The van der Waals surface area contributed by atoms with E-state index < -0.39 is 12.5 Å². The van der Waals surface area contributed by atoms with Gasteiger partial charge in [0.05, 0.1) is 12.6 Å². The summed E-state index contributed by atoms with van der Waals surface area (Å²) in [5.74, 6) is 0. The fraction of sp³-hybridized carbons (Fsp3) is 1.00. The molecule has 4 heteroatoms. The van der Waals surface area contributed by atoms with E-state index in [9.17, 15) is 8.78 Å². The van der Waals surface area contributed by atoms with E-state index in [1.807, 2.05) is 0 Å². The van der Waals surface area contributed by atoms with E-state index in [1.165, 1.54) is 0 Å². The number of halogens is 2. The molecular formula is C6H11F2NO. The van der Waals surface area contributed by atoms with Gasteiger partial charge in [0.1, 0.15) is 0 Å². The SMILES string of the molecule is O[C@@H]1CCN(CC(F)F)C1. The summed E-state index contributed by atoms with van der Waals surface area (Å²) < 4.78 is 23.4. The smallest absolute Gasteiger partial charge is 0.251 e. The maximum atomic E-state index is 11.7. The molecule has 0 aromatic carbocycles. The summed E-state index contributed by atoms with van der Waals surface area (Å²) in [4.78, 5) is 1.58. The minimum atomic E-state index is -2.27. The average molecular weight is 151 g/mol. The summed E-state index contributed by atoms with van der Waals surface area (Å²) in [7, 11) is 0. The fourth-order valence-electron chi connectivity index (χ4n) is 1.17. The summed E-state index contributed by atoms with van der Waals surface area (Å²) in [6.45, 7) is 0.812. The second-order valence-electron chi connectivity index (χ2n) is 2.59. The second kappa shape index (κ2) is 3.25. The van der Waals surface area contributed by atoms with Crippen LogP contribution >= 0.6 is 0 Å². The van der Waals surface area contributed by atoms with Crippen LogP contribution in [0, 0.1) is 0 Å². The Morgan fingerprint density at radius 2 is 2.30 bits per heavy atom. The Hall–Kier alpha value is -0.220. The first-order valence-corrected chi connectivity index (χ1v) is 3.37. The molecule has 1 saturated heterocycles. The highest BCUT2D eigenvalue weighted by atomic mass is 19.3. The Bertz CT molecular complexity index is 110. The molecule has 0 aromatic rings. The quantitative estimate of drug-likeness (QED) is 0.614. The zero-order valence-corrected chi connectivity index (χ0v) is 5.63. The van der Waals surface area contributed by atoms with Crippen LogP contribution in [0.1, 0.15) is 6.42 Å². The molecule has 10 heavy (non-hydrogen) atoms. The molecule has 1 aliphatic rings. The molecule has 0 radical (unpaired) electrons. The van der Waals surface area contributed by atoms with Gasteiger partial charge in [-0.05, 0) is 6.42 Å². The van der Waals surface area contributed by atoms with Gasteiger partial charge in [-0.15, -0.1) is 0 Å². The zero-order chi connectivity index (χ0) is 7.56. The molecule has 60 valence electrons. The first-order chi connectivity index (χ1) is 4.68. The van der Waals surface area contributed by atoms with Crippen molar-refractivity contribution in [3.05, 3.63) is 0 Å². The Balaban J connectivity index is 2.18. The number of aliphatic hydroxyl groups excluding tert-OH is 1. The third-order valence-electron chi connectivity index (χ3n) is 1.64. The fourth-order valence-corrected chi connectivity index (χ4v) is 1.17. The normalized spacial score (nSPS) is 28.2. The van der Waals surface area contributed by atoms with Crippen molar-refractivity contribution in [1.29, 1.82) is 0 Å². The van der Waals surface area contributed by atoms with E-state index in [2.05, 4.69) is 0 Å². The standard InChI is InChI=1S/C6H11F2NO/c7-6(8)4-9-2-1-5(10)3-9/h5-6,10H,1-4H2/t5-/m1/s1. The van der Waals surface area contributed by atoms with Gasteiger partial charge in [-0.2, -0.15) is 0 Å². The lowest BCUT2D eigenvalue weighted by molar-refractivity contribution is 0.0908. The van der Waals surface area contributed by atoms with Gasteiger partial charge in [0, 0.05) is 13.1 Å². The van der Waals surface area contributed by atoms with Crippen molar-refractivity contribution in [2.75, 3.05) is 19.6 Å². The minimum absolute atomic E-state index is 0.197. The first kappa shape index (κ1) is 7.88. The highest BCUT2D eigenvalue weighted by molar-refractivity contribution is 4.74. The van der Waals surface area contributed by atoms with Crippen LogP contribution < -0.4 is 0 Å². The third-order valence-corrected chi connectivity index (χ3v) is 1.64. The Labute approximate surface area is 58.4 Å². The molecule has 0 aromatic heterocycles. The molecule has 1 aliphatic heterocycles. The van der Waals surface area contributed by atoms with E-state index in [1.54, 1.807) is 4.90 Å². The molecule has 1 N–H and O–H groups in total. The van der Waals surface area contributed by atoms with Crippen LogP contribution in [0.5, 0.6) is 0 Å². The molecule has 2 nitrogen and oxygen atoms in total. The van der Waals surface area contributed by atoms with Crippen LogP contribution in [0.15, 0.2) is 0 Å². The van der Waals surface area contributed by atoms with Gasteiger partial charge in [0.2, 0.25) is 0 Å². The Morgan fingerprint density at radius 1 is 1.60 bits per heavy atom.